The minimum Gasteiger partial charge on any atom is -0.338 e. The third-order valence-electron chi connectivity index (χ3n) is 5.08. The van der Waals surface area contributed by atoms with E-state index in [2.05, 4.69) is 19.1 Å². The van der Waals surface area contributed by atoms with Crippen LogP contribution in [0.1, 0.15) is 37.4 Å². The molecule has 1 aliphatic rings. The first kappa shape index (κ1) is 18.2. The lowest BCUT2D eigenvalue weighted by Gasteiger charge is -2.47. The molecule has 0 bridgehead atoms. The van der Waals surface area contributed by atoms with Gasteiger partial charge in [0.05, 0.1) is 6.04 Å². The molecular formula is C22H26N2O2. The number of carbonyl (C=O) groups excluding carboxylic acids is 2. The normalized spacial score (nSPS) is 18.9. The zero-order valence-corrected chi connectivity index (χ0v) is 15.5. The van der Waals surface area contributed by atoms with Gasteiger partial charge in [-0.15, -0.1) is 0 Å². The number of nitrogens with zero attached hydrogens (tertiary/aromatic N) is 2. The molecule has 1 saturated heterocycles. The van der Waals surface area contributed by atoms with E-state index < -0.39 is 0 Å². The average molecular weight is 350 g/mol. The Bertz CT molecular complexity index is 745. The van der Waals surface area contributed by atoms with Crippen LogP contribution in [0, 0.1) is 5.92 Å². The van der Waals surface area contributed by atoms with Crippen LogP contribution in [0.25, 0.3) is 0 Å². The lowest BCUT2D eigenvalue weighted by molar-refractivity contribution is -0.144. The molecular weight excluding hydrogens is 324 g/mol. The maximum Gasteiger partial charge on any atom is 0.224 e. The van der Waals surface area contributed by atoms with Crippen LogP contribution in [0.15, 0.2) is 60.7 Å². The SMILES string of the molecule is CC(=O)N(CCC(=O)N1C[C@H](C)[C@H]1c1ccccc1)Cc1ccccc1. The third-order valence-corrected chi connectivity index (χ3v) is 5.08. The fourth-order valence-corrected chi connectivity index (χ4v) is 3.63. The minimum atomic E-state index is -0.00163. The van der Waals surface area contributed by atoms with Crippen molar-refractivity contribution in [3.63, 3.8) is 0 Å². The van der Waals surface area contributed by atoms with Gasteiger partial charge in [-0.1, -0.05) is 67.6 Å². The Hall–Kier alpha value is -2.62. The van der Waals surface area contributed by atoms with Crippen LogP contribution in [0.3, 0.4) is 0 Å². The highest BCUT2D eigenvalue weighted by Gasteiger charge is 2.39. The van der Waals surface area contributed by atoms with Crippen molar-refractivity contribution in [1.82, 2.24) is 9.80 Å². The van der Waals surface area contributed by atoms with Crippen LogP contribution in [0.4, 0.5) is 0 Å². The molecule has 2 aromatic carbocycles. The van der Waals surface area contributed by atoms with E-state index >= 15 is 0 Å². The van der Waals surface area contributed by atoms with Gasteiger partial charge < -0.3 is 9.80 Å². The summed E-state index contributed by atoms with van der Waals surface area (Å²) in [6.45, 7) is 5.53. The smallest absolute Gasteiger partial charge is 0.224 e. The summed E-state index contributed by atoms with van der Waals surface area (Å²) in [6, 6.07) is 20.2. The Morgan fingerprint density at radius 1 is 1.04 bits per heavy atom. The molecule has 1 heterocycles. The van der Waals surface area contributed by atoms with Gasteiger partial charge in [0.1, 0.15) is 0 Å². The van der Waals surface area contributed by atoms with Crippen LogP contribution < -0.4 is 0 Å². The molecule has 3 rings (SSSR count). The van der Waals surface area contributed by atoms with Crippen LogP contribution in [0.5, 0.6) is 0 Å². The van der Waals surface area contributed by atoms with Gasteiger partial charge in [0, 0.05) is 33.0 Å². The molecule has 1 aliphatic heterocycles. The monoisotopic (exact) mass is 350 g/mol. The van der Waals surface area contributed by atoms with E-state index in [-0.39, 0.29) is 17.9 Å². The van der Waals surface area contributed by atoms with Crippen molar-refractivity contribution in [3.05, 3.63) is 71.8 Å². The lowest BCUT2D eigenvalue weighted by Crippen LogP contribution is -2.52. The maximum atomic E-state index is 12.7. The summed E-state index contributed by atoms with van der Waals surface area (Å²) in [4.78, 5) is 28.4. The van der Waals surface area contributed by atoms with Crippen LogP contribution in [-0.2, 0) is 16.1 Å². The molecule has 0 radical (unpaired) electrons. The van der Waals surface area contributed by atoms with Gasteiger partial charge in [0.15, 0.2) is 0 Å². The Morgan fingerprint density at radius 2 is 1.65 bits per heavy atom. The van der Waals surface area contributed by atoms with Crippen molar-refractivity contribution >= 4 is 11.8 Å². The summed E-state index contributed by atoms with van der Waals surface area (Å²) in [6.07, 6.45) is 0.364. The standard InChI is InChI=1S/C22H26N2O2/c1-17-15-24(22(17)20-11-7-4-8-12-20)21(26)13-14-23(18(2)25)16-19-9-5-3-6-10-19/h3-12,17,22H,13-16H2,1-2H3/t17-,22-/m0/s1. The largest absolute Gasteiger partial charge is 0.338 e. The zero-order chi connectivity index (χ0) is 18.5. The fourth-order valence-electron chi connectivity index (χ4n) is 3.63. The second-order valence-corrected chi connectivity index (χ2v) is 7.06. The first-order chi connectivity index (χ1) is 12.6. The third kappa shape index (κ3) is 4.13. The van der Waals surface area contributed by atoms with Gasteiger partial charge in [-0.25, -0.2) is 0 Å². The quantitative estimate of drug-likeness (QED) is 0.798. The van der Waals surface area contributed by atoms with E-state index in [1.54, 1.807) is 11.8 Å². The summed E-state index contributed by atoms with van der Waals surface area (Å²) in [7, 11) is 0. The van der Waals surface area contributed by atoms with E-state index in [1.165, 1.54) is 5.56 Å². The number of benzene rings is 2. The highest BCUT2D eigenvalue weighted by atomic mass is 16.2. The Morgan fingerprint density at radius 3 is 2.23 bits per heavy atom. The molecule has 2 aromatic rings. The van der Waals surface area contributed by atoms with Gasteiger partial charge in [0.25, 0.3) is 0 Å². The first-order valence-corrected chi connectivity index (χ1v) is 9.20. The van der Waals surface area contributed by atoms with Crippen molar-refractivity contribution in [2.45, 2.75) is 32.9 Å². The fraction of sp³-hybridized carbons (Fsp3) is 0.364. The van der Waals surface area contributed by atoms with Gasteiger partial charge in [-0.2, -0.15) is 0 Å². The molecule has 0 spiro atoms. The van der Waals surface area contributed by atoms with Crippen LogP contribution in [-0.4, -0.2) is 34.7 Å². The van der Waals surface area contributed by atoms with Gasteiger partial charge in [0.2, 0.25) is 11.8 Å². The predicted octanol–water partition coefficient (Wildman–Crippen LogP) is 3.64. The molecule has 0 aliphatic carbocycles. The Balaban J connectivity index is 1.59. The van der Waals surface area contributed by atoms with Crippen molar-refractivity contribution < 1.29 is 9.59 Å². The highest BCUT2D eigenvalue weighted by molar-refractivity contribution is 5.79. The molecule has 0 N–H and O–H groups in total. The molecule has 26 heavy (non-hydrogen) atoms. The number of hydrogen-bond acceptors (Lipinski definition) is 2. The van der Waals surface area contributed by atoms with E-state index in [0.29, 0.717) is 25.4 Å². The van der Waals surface area contributed by atoms with Crippen molar-refractivity contribution in [1.29, 1.82) is 0 Å². The van der Waals surface area contributed by atoms with Crippen LogP contribution in [0.2, 0.25) is 0 Å². The molecule has 2 amide bonds. The first-order valence-electron chi connectivity index (χ1n) is 9.20. The Labute approximate surface area is 155 Å². The van der Waals surface area contributed by atoms with Crippen molar-refractivity contribution in [2.24, 2.45) is 5.92 Å². The van der Waals surface area contributed by atoms with Gasteiger partial charge >= 0.3 is 0 Å². The number of carbonyl (C=O) groups is 2. The molecule has 0 aromatic heterocycles. The molecule has 0 unspecified atom stereocenters. The van der Waals surface area contributed by atoms with E-state index in [1.807, 2.05) is 53.4 Å². The zero-order valence-electron chi connectivity index (χ0n) is 15.5. The van der Waals surface area contributed by atoms with Crippen LogP contribution >= 0.6 is 0 Å². The predicted molar refractivity (Wildman–Crippen MR) is 102 cm³/mol. The maximum absolute atomic E-state index is 12.7. The summed E-state index contributed by atoms with van der Waals surface area (Å²) < 4.78 is 0. The highest BCUT2D eigenvalue weighted by Crippen LogP contribution is 2.38. The van der Waals surface area contributed by atoms with E-state index in [9.17, 15) is 9.59 Å². The second kappa shape index (κ2) is 8.17. The average Bonchev–Trinajstić information content (AvgIpc) is 2.64. The lowest BCUT2D eigenvalue weighted by atomic mass is 9.84. The second-order valence-electron chi connectivity index (χ2n) is 7.06. The number of hydrogen-bond donors (Lipinski definition) is 0. The summed E-state index contributed by atoms with van der Waals surface area (Å²) in [5.74, 6) is 0.587. The molecule has 136 valence electrons. The summed E-state index contributed by atoms with van der Waals surface area (Å²) in [5.41, 5.74) is 2.27. The number of likely N-dealkylation sites (tertiary alicyclic amines) is 1. The van der Waals surface area contributed by atoms with Gasteiger partial charge in [-0.05, 0) is 17.0 Å². The topological polar surface area (TPSA) is 40.6 Å². The molecule has 2 atom stereocenters. The van der Waals surface area contributed by atoms with Crippen molar-refractivity contribution in [3.8, 4) is 0 Å². The van der Waals surface area contributed by atoms with E-state index in [0.717, 1.165) is 12.1 Å². The molecule has 4 nitrogen and oxygen atoms in total. The van der Waals surface area contributed by atoms with Crippen molar-refractivity contribution in [2.75, 3.05) is 13.1 Å². The number of amides is 2. The number of rotatable bonds is 6. The molecule has 4 heteroatoms. The summed E-state index contributed by atoms with van der Waals surface area (Å²) >= 11 is 0. The van der Waals surface area contributed by atoms with E-state index in [4.69, 9.17) is 0 Å². The Kier molecular flexibility index (Phi) is 5.71. The summed E-state index contributed by atoms with van der Waals surface area (Å²) in [5, 5.41) is 0. The minimum absolute atomic E-state index is 0.00163. The molecule has 1 fully saturated rings. The van der Waals surface area contributed by atoms with Gasteiger partial charge in [-0.3, -0.25) is 9.59 Å². The molecule has 0 saturated carbocycles.